The van der Waals surface area contributed by atoms with Crippen LogP contribution in [0.25, 0.3) is 0 Å². The number of aromatic amines is 1. The van der Waals surface area contributed by atoms with Crippen LogP contribution in [0.2, 0.25) is 5.02 Å². The number of hydrogen-bond acceptors (Lipinski definition) is 2. The molecule has 0 unspecified atom stereocenters. The summed E-state index contributed by atoms with van der Waals surface area (Å²) in [7, 11) is 0. The molecule has 1 aromatic carbocycles. The second kappa shape index (κ2) is 5.34. The number of rotatable bonds is 3. The highest BCUT2D eigenvalue weighted by Crippen LogP contribution is 2.20. The summed E-state index contributed by atoms with van der Waals surface area (Å²) in [4.78, 5) is 25.6. The first kappa shape index (κ1) is 14.1. The van der Waals surface area contributed by atoms with E-state index in [1.807, 2.05) is 0 Å². The summed E-state index contributed by atoms with van der Waals surface area (Å²) in [5.41, 5.74) is 0.742. The van der Waals surface area contributed by atoms with Gasteiger partial charge in [0.25, 0.3) is 5.91 Å². The molecule has 7 heteroatoms. The number of anilines is 1. The number of H-pyrrole nitrogens is 1. The predicted molar refractivity (Wildman–Crippen MR) is 71.9 cm³/mol. The molecule has 2 aromatic rings. The van der Waals surface area contributed by atoms with E-state index in [0.717, 1.165) is 6.07 Å². The highest BCUT2D eigenvalue weighted by atomic mass is 35.5. The molecule has 0 radical (unpaired) electrons. The molecular weight excluding hydrogens is 287 g/mol. The number of aryl methyl sites for hydroxylation is 1. The Labute approximate surface area is 118 Å². The van der Waals surface area contributed by atoms with Gasteiger partial charge in [0.15, 0.2) is 0 Å². The van der Waals surface area contributed by atoms with Crippen molar-refractivity contribution >= 4 is 29.2 Å². The fourth-order valence-corrected chi connectivity index (χ4v) is 1.87. The van der Waals surface area contributed by atoms with Gasteiger partial charge in [0.2, 0.25) is 0 Å². The van der Waals surface area contributed by atoms with Crippen molar-refractivity contribution in [2.24, 2.45) is 0 Å². The quantitative estimate of drug-likeness (QED) is 0.814. The minimum atomic E-state index is -1.19. The van der Waals surface area contributed by atoms with Crippen LogP contribution in [0.3, 0.4) is 0 Å². The lowest BCUT2D eigenvalue weighted by Gasteiger charge is -2.05. The average Bonchev–Trinajstić information content (AvgIpc) is 2.73. The maximum atomic E-state index is 13.0. The van der Waals surface area contributed by atoms with Crippen LogP contribution in [0.15, 0.2) is 24.3 Å². The molecule has 2 rings (SSSR count). The molecule has 0 saturated heterocycles. The number of hydrogen-bond donors (Lipinski definition) is 3. The van der Waals surface area contributed by atoms with Crippen molar-refractivity contribution in [1.82, 2.24) is 4.98 Å². The number of carboxylic acids is 1. The number of aromatic nitrogens is 1. The molecule has 0 fully saturated rings. The normalized spacial score (nSPS) is 10.3. The molecule has 1 heterocycles. The number of carbonyl (C=O) groups excluding carboxylic acids is 1. The first-order chi connectivity index (χ1) is 9.38. The van der Waals surface area contributed by atoms with E-state index in [9.17, 15) is 14.0 Å². The fraction of sp³-hybridized carbons (Fsp3) is 0.0769. The van der Waals surface area contributed by atoms with Crippen molar-refractivity contribution < 1.29 is 19.1 Å². The summed E-state index contributed by atoms with van der Waals surface area (Å²) < 4.78 is 13.0. The topological polar surface area (TPSA) is 82.2 Å². The molecule has 0 atom stereocenters. The van der Waals surface area contributed by atoms with Gasteiger partial charge in [-0.2, -0.15) is 0 Å². The van der Waals surface area contributed by atoms with Crippen molar-refractivity contribution in [2.75, 3.05) is 5.32 Å². The van der Waals surface area contributed by atoms with Crippen molar-refractivity contribution in [3.8, 4) is 0 Å². The second-order valence-electron chi connectivity index (χ2n) is 4.13. The van der Waals surface area contributed by atoms with Crippen LogP contribution in [0.5, 0.6) is 0 Å². The number of amides is 1. The van der Waals surface area contributed by atoms with Gasteiger partial charge in [0.1, 0.15) is 11.5 Å². The minimum absolute atomic E-state index is 0.121. The summed E-state index contributed by atoms with van der Waals surface area (Å²) in [5, 5.41) is 11.3. The number of benzene rings is 1. The van der Waals surface area contributed by atoms with Gasteiger partial charge < -0.3 is 15.4 Å². The van der Waals surface area contributed by atoms with E-state index in [-0.39, 0.29) is 22.0 Å². The third-order valence-electron chi connectivity index (χ3n) is 2.60. The van der Waals surface area contributed by atoms with Crippen molar-refractivity contribution in [3.63, 3.8) is 0 Å². The monoisotopic (exact) mass is 296 g/mol. The molecule has 5 nitrogen and oxygen atoms in total. The van der Waals surface area contributed by atoms with E-state index in [1.54, 1.807) is 6.92 Å². The standard InChI is InChI=1S/C13H10ClFN2O3/c1-6-4-10(11(16-6)13(19)20)17-12(18)7-2-3-9(15)8(14)5-7/h2-5,16H,1H3,(H,17,18)(H,19,20). The van der Waals surface area contributed by atoms with Gasteiger partial charge in [0, 0.05) is 11.3 Å². The van der Waals surface area contributed by atoms with E-state index in [1.165, 1.54) is 18.2 Å². The molecule has 0 saturated carbocycles. The van der Waals surface area contributed by atoms with Gasteiger partial charge in [-0.3, -0.25) is 4.79 Å². The lowest BCUT2D eigenvalue weighted by Crippen LogP contribution is -2.14. The molecule has 104 valence electrons. The van der Waals surface area contributed by atoms with Crippen LogP contribution in [0.4, 0.5) is 10.1 Å². The van der Waals surface area contributed by atoms with Crippen molar-refractivity contribution in [1.29, 1.82) is 0 Å². The maximum Gasteiger partial charge on any atom is 0.354 e. The van der Waals surface area contributed by atoms with E-state index >= 15 is 0 Å². The lowest BCUT2D eigenvalue weighted by molar-refractivity contribution is 0.0692. The summed E-state index contributed by atoms with van der Waals surface area (Å²) in [6, 6.07) is 4.99. The Bertz CT molecular complexity index is 697. The van der Waals surface area contributed by atoms with Crippen molar-refractivity contribution in [2.45, 2.75) is 6.92 Å². The summed E-state index contributed by atoms with van der Waals surface area (Å²) in [6.45, 7) is 1.66. The second-order valence-corrected chi connectivity index (χ2v) is 4.54. The number of carbonyl (C=O) groups is 2. The Kier molecular flexibility index (Phi) is 3.76. The van der Waals surface area contributed by atoms with Gasteiger partial charge in [-0.25, -0.2) is 9.18 Å². The summed E-state index contributed by atoms with van der Waals surface area (Å²) in [6.07, 6.45) is 0. The molecule has 0 aliphatic heterocycles. The Balaban J connectivity index is 2.27. The minimum Gasteiger partial charge on any atom is -0.477 e. The van der Waals surface area contributed by atoms with E-state index in [0.29, 0.717) is 5.69 Å². The molecule has 0 aliphatic carbocycles. The fourth-order valence-electron chi connectivity index (χ4n) is 1.69. The van der Waals surface area contributed by atoms with E-state index < -0.39 is 17.7 Å². The average molecular weight is 297 g/mol. The van der Waals surface area contributed by atoms with Crippen molar-refractivity contribution in [3.05, 3.63) is 52.1 Å². The molecular formula is C13H10ClFN2O3. The van der Waals surface area contributed by atoms with Gasteiger partial charge >= 0.3 is 5.97 Å². The molecule has 3 N–H and O–H groups in total. The zero-order valence-electron chi connectivity index (χ0n) is 10.3. The molecule has 0 bridgehead atoms. The Morgan fingerprint density at radius 3 is 2.65 bits per heavy atom. The van der Waals surface area contributed by atoms with Crippen LogP contribution < -0.4 is 5.32 Å². The predicted octanol–water partition coefficient (Wildman–Crippen LogP) is 3.07. The summed E-state index contributed by atoms with van der Waals surface area (Å²) in [5.74, 6) is -2.40. The van der Waals surface area contributed by atoms with Crippen LogP contribution in [0.1, 0.15) is 26.5 Å². The SMILES string of the molecule is Cc1cc(NC(=O)c2ccc(F)c(Cl)c2)c(C(=O)O)[nH]1. The number of halogens is 2. The third kappa shape index (κ3) is 2.80. The zero-order valence-corrected chi connectivity index (χ0v) is 11.1. The van der Waals surface area contributed by atoms with Gasteiger partial charge in [-0.05, 0) is 31.2 Å². The van der Waals surface area contributed by atoms with Crippen LogP contribution in [0, 0.1) is 12.7 Å². The highest BCUT2D eigenvalue weighted by Gasteiger charge is 2.16. The van der Waals surface area contributed by atoms with Crippen LogP contribution in [-0.2, 0) is 0 Å². The largest absolute Gasteiger partial charge is 0.477 e. The number of nitrogens with one attached hydrogen (secondary N) is 2. The number of aromatic carboxylic acids is 1. The molecule has 0 spiro atoms. The van der Waals surface area contributed by atoms with Crippen LogP contribution in [-0.4, -0.2) is 22.0 Å². The van der Waals surface area contributed by atoms with E-state index in [2.05, 4.69) is 10.3 Å². The zero-order chi connectivity index (χ0) is 14.9. The first-order valence-electron chi connectivity index (χ1n) is 5.58. The molecule has 1 amide bonds. The van der Waals surface area contributed by atoms with Gasteiger partial charge in [-0.15, -0.1) is 0 Å². The molecule has 1 aromatic heterocycles. The molecule has 0 aliphatic rings. The lowest BCUT2D eigenvalue weighted by atomic mass is 10.2. The number of carboxylic acid groups (broad SMARTS) is 1. The maximum absolute atomic E-state index is 13.0. The third-order valence-corrected chi connectivity index (χ3v) is 2.89. The van der Waals surface area contributed by atoms with E-state index in [4.69, 9.17) is 16.7 Å². The van der Waals surface area contributed by atoms with Crippen LogP contribution >= 0.6 is 11.6 Å². The highest BCUT2D eigenvalue weighted by molar-refractivity contribution is 6.31. The van der Waals surface area contributed by atoms with Gasteiger partial charge in [-0.1, -0.05) is 11.6 Å². The Morgan fingerprint density at radius 1 is 1.35 bits per heavy atom. The molecule has 20 heavy (non-hydrogen) atoms. The Hall–Kier alpha value is -2.34. The smallest absolute Gasteiger partial charge is 0.354 e. The first-order valence-corrected chi connectivity index (χ1v) is 5.95. The Morgan fingerprint density at radius 2 is 2.05 bits per heavy atom. The van der Waals surface area contributed by atoms with Gasteiger partial charge in [0.05, 0.1) is 10.7 Å². The summed E-state index contributed by atoms with van der Waals surface area (Å²) >= 11 is 5.59.